The van der Waals surface area contributed by atoms with Gasteiger partial charge in [0.25, 0.3) is 5.91 Å². The first-order valence-corrected chi connectivity index (χ1v) is 11.4. The van der Waals surface area contributed by atoms with Gasteiger partial charge >= 0.3 is 7.82 Å². The molecule has 1 aromatic carbocycles. The van der Waals surface area contributed by atoms with E-state index in [4.69, 9.17) is 13.6 Å². The Bertz CT molecular complexity index is 844. The van der Waals surface area contributed by atoms with Crippen molar-refractivity contribution in [3.63, 3.8) is 0 Å². The van der Waals surface area contributed by atoms with E-state index in [1.807, 2.05) is 0 Å². The maximum atomic E-state index is 13.8. The molecule has 2 aliphatic heterocycles. The van der Waals surface area contributed by atoms with Crippen LogP contribution in [0, 0.1) is 5.82 Å². The molecular weight excluding hydrogens is 406 g/mol. The molecule has 0 N–H and O–H groups in total. The third-order valence-corrected chi connectivity index (χ3v) is 6.65. The molecule has 28 heavy (non-hydrogen) atoms. The molecule has 0 aliphatic carbocycles. The van der Waals surface area contributed by atoms with Crippen LogP contribution in [-0.2, 0) is 18.4 Å². The third-order valence-electron chi connectivity index (χ3n) is 4.03. The normalized spacial score (nSPS) is 18.8. The summed E-state index contributed by atoms with van der Waals surface area (Å²) in [5.41, 5.74) is 0.384. The zero-order valence-corrected chi connectivity index (χ0v) is 17.4. The van der Waals surface area contributed by atoms with Gasteiger partial charge in [-0.15, -0.1) is 0 Å². The molecular formula is C18H22FN2O5PS. The molecule has 0 aromatic heterocycles. The van der Waals surface area contributed by atoms with Crippen molar-refractivity contribution in [1.29, 1.82) is 0 Å². The summed E-state index contributed by atoms with van der Waals surface area (Å²) in [6.45, 7) is 5.25. The van der Waals surface area contributed by atoms with Crippen molar-refractivity contribution in [2.24, 2.45) is 4.99 Å². The summed E-state index contributed by atoms with van der Waals surface area (Å²) in [5, 5.41) is 0.674. The molecule has 152 valence electrons. The van der Waals surface area contributed by atoms with Crippen LogP contribution in [0.2, 0.25) is 0 Å². The summed E-state index contributed by atoms with van der Waals surface area (Å²) in [5.74, 6) is -0.961. The van der Waals surface area contributed by atoms with Gasteiger partial charge < -0.3 is 9.42 Å². The number of likely N-dealkylation sites (tertiary alicyclic amines) is 1. The fraction of sp³-hybridized carbons (Fsp3) is 0.444. The van der Waals surface area contributed by atoms with E-state index >= 15 is 0 Å². The van der Waals surface area contributed by atoms with E-state index in [-0.39, 0.29) is 24.9 Å². The fourth-order valence-electron chi connectivity index (χ4n) is 2.82. The van der Waals surface area contributed by atoms with Gasteiger partial charge in [0, 0.05) is 24.7 Å². The van der Waals surface area contributed by atoms with Crippen molar-refractivity contribution >= 4 is 36.7 Å². The van der Waals surface area contributed by atoms with Crippen LogP contribution in [0.4, 0.5) is 4.39 Å². The molecule has 0 unspecified atom stereocenters. The maximum Gasteiger partial charge on any atom is 0.530 e. The second kappa shape index (κ2) is 9.22. The molecule has 7 nitrogen and oxygen atoms in total. The molecule has 0 bridgehead atoms. The second-order valence-corrected chi connectivity index (χ2v) is 8.66. The average molecular weight is 428 g/mol. The van der Waals surface area contributed by atoms with Crippen LogP contribution in [0.25, 0.3) is 6.08 Å². The number of thioether (sulfide) groups is 1. The lowest BCUT2D eigenvalue weighted by molar-refractivity contribution is -0.113. The predicted octanol–water partition coefficient (Wildman–Crippen LogP) is 4.45. The quantitative estimate of drug-likeness (QED) is 0.469. The first-order valence-electron chi connectivity index (χ1n) is 9.10. The van der Waals surface area contributed by atoms with E-state index in [1.54, 1.807) is 19.9 Å². The zero-order valence-electron chi connectivity index (χ0n) is 15.7. The number of rotatable bonds is 7. The first kappa shape index (κ1) is 21.0. The van der Waals surface area contributed by atoms with Gasteiger partial charge in [-0.05, 0) is 56.7 Å². The maximum absolute atomic E-state index is 13.8. The molecule has 0 radical (unpaired) electrons. The molecule has 1 fully saturated rings. The van der Waals surface area contributed by atoms with E-state index in [9.17, 15) is 13.8 Å². The monoisotopic (exact) mass is 428 g/mol. The number of aliphatic imine (C=N–C) groups is 1. The summed E-state index contributed by atoms with van der Waals surface area (Å²) in [6.07, 6.45) is 3.70. The zero-order chi connectivity index (χ0) is 20.1. The van der Waals surface area contributed by atoms with Crippen LogP contribution in [0.15, 0.2) is 28.1 Å². The summed E-state index contributed by atoms with van der Waals surface area (Å²) >= 11 is 1.27. The van der Waals surface area contributed by atoms with E-state index < -0.39 is 13.6 Å². The van der Waals surface area contributed by atoms with E-state index in [0.717, 1.165) is 32.0 Å². The van der Waals surface area contributed by atoms with Gasteiger partial charge in [-0.2, -0.15) is 4.99 Å². The van der Waals surface area contributed by atoms with Gasteiger partial charge in [0.15, 0.2) is 5.17 Å². The SMILES string of the molecule is CCOP(=O)(OCC)Oc1cc(F)ccc1C=C1SC(N2CCCC2)=NC1=O. The molecule has 1 amide bonds. The van der Waals surface area contributed by atoms with Crippen LogP contribution in [0.3, 0.4) is 0 Å². The molecule has 1 saturated heterocycles. The van der Waals surface area contributed by atoms with Crippen LogP contribution in [-0.4, -0.2) is 42.3 Å². The van der Waals surface area contributed by atoms with E-state index in [0.29, 0.717) is 15.6 Å². The van der Waals surface area contributed by atoms with Crippen LogP contribution in [0.5, 0.6) is 5.75 Å². The number of phosphoric ester groups is 1. The van der Waals surface area contributed by atoms with Gasteiger partial charge in [0.1, 0.15) is 11.6 Å². The standard InChI is InChI=1S/C18H22FN2O5PS/c1-3-24-27(23,25-4-2)26-15-12-14(19)8-7-13(15)11-16-17(22)20-18(28-16)21-9-5-6-10-21/h7-8,11-12H,3-6,9-10H2,1-2H3. The Labute approximate surface area is 167 Å². The summed E-state index contributed by atoms with van der Waals surface area (Å²) < 4.78 is 42.1. The number of nitrogens with zero attached hydrogens (tertiary/aromatic N) is 2. The molecule has 2 heterocycles. The van der Waals surface area contributed by atoms with Gasteiger partial charge in [-0.1, -0.05) is 0 Å². The van der Waals surface area contributed by atoms with Crippen LogP contribution in [0.1, 0.15) is 32.3 Å². The number of hydrogen-bond donors (Lipinski definition) is 0. The molecule has 0 saturated carbocycles. The first-order chi connectivity index (χ1) is 13.4. The number of carbonyl (C=O) groups is 1. The van der Waals surface area contributed by atoms with Crippen molar-refractivity contribution in [3.05, 3.63) is 34.5 Å². The lowest BCUT2D eigenvalue weighted by Crippen LogP contribution is -2.23. The smallest absolute Gasteiger partial charge is 0.403 e. The Morgan fingerprint density at radius 3 is 2.57 bits per heavy atom. The molecule has 3 rings (SSSR count). The largest absolute Gasteiger partial charge is 0.530 e. The number of phosphoric acid groups is 1. The Hall–Kier alpha value is -1.67. The lowest BCUT2D eigenvalue weighted by Gasteiger charge is -2.18. The minimum Gasteiger partial charge on any atom is -0.403 e. The Morgan fingerprint density at radius 1 is 1.25 bits per heavy atom. The molecule has 0 spiro atoms. The average Bonchev–Trinajstić information content (AvgIpc) is 3.28. The molecule has 10 heteroatoms. The number of benzene rings is 1. The van der Waals surface area contributed by atoms with E-state index in [1.165, 1.54) is 23.9 Å². The van der Waals surface area contributed by atoms with Gasteiger partial charge in [0.2, 0.25) is 0 Å². The fourth-order valence-corrected chi connectivity index (χ4v) is 4.98. The number of halogens is 1. The Balaban J connectivity index is 1.86. The minimum absolute atomic E-state index is 0.0271. The van der Waals surface area contributed by atoms with Crippen molar-refractivity contribution in [2.75, 3.05) is 26.3 Å². The van der Waals surface area contributed by atoms with Crippen molar-refractivity contribution < 1.29 is 27.3 Å². The van der Waals surface area contributed by atoms with E-state index in [2.05, 4.69) is 9.89 Å². The van der Waals surface area contributed by atoms with Gasteiger partial charge in [0.05, 0.1) is 18.1 Å². The highest BCUT2D eigenvalue weighted by Gasteiger charge is 2.30. The van der Waals surface area contributed by atoms with Crippen molar-refractivity contribution in [2.45, 2.75) is 26.7 Å². The van der Waals surface area contributed by atoms with Gasteiger partial charge in [-0.3, -0.25) is 13.8 Å². The summed E-state index contributed by atoms with van der Waals surface area (Å²) in [6, 6.07) is 3.77. The van der Waals surface area contributed by atoms with Crippen molar-refractivity contribution in [3.8, 4) is 5.75 Å². The number of amidine groups is 1. The number of hydrogen-bond acceptors (Lipinski definition) is 7. The Morgan fingerprint density at radius 2 is 1.93 bits per heavy atom. The molecule has 0 atom stereocenters. The topological polar surface area (TPSA) is 77.4 Å². The number of carbonyl (C=O) groups excluding carboxylic acids is 1. The predicted molar refractivity (Wildman–Crippen MR) is 107 cm³/mol. The van der Waals surface area contributed by atoms with Crippen molar-refractivity contribution in [1.82, 2.24) is 4.90 Å². The van der Waals surface area contributed by atoms with Crippen LogP contribution < -0.4 is 4.52 Å². The van der Waals surface area contributed by atoms with Gasteiger partial charge in [-0.25, -0.2) is 8.96 Å². The summed E-state index contributed by atoms with van der Waals surface area (Å²) in [4.78, 5) is 18.9. The highest BCUT2D eigenvalue weighted by molar-refractivity contribution is 8.18. The number of amides is 1. The summed E-state index contributed by atoms with van der Waals surface area (Å²) in [7, 11) is -3.90. The molecule has 2 aliphatic rings. The highest BCUT2D eigenvalue weighted by Crippen LogP contribution is 2.50. The third kappa shape index (κ3) is 5.03. The second-order valence-electron chi connectivity index (χ2n) is 6.06. The highest BCUT2D eigenvalue weighted by atomic mass is 32.2. The minimum atomic E-state index is -3.90. The Kier molecular flexibility index (Phi) is 6.93. The molecule has 1 aromatic rings. The lowest BCUT2D eigenvalue weighted by atomic mass is 10.2. The van der Waals surface area contributed by atoms with Crippen LogP contribution >= 0.6 is 19.6 Å².